The Morgan fingerprint density at radius 2 is 1.94 bits per heavy atom. The molecule has 1 unspecified atom stereocenters. The molecule has 0 aliphatic rings. The van der Waals surface area contributed by atoms with E-state index in [9.17, 15) is 9.18 Å². The quantitative estimate of drug-likeness (QED) is 0.884. The van der Waals surface area contributed by atoms with E-state index < -0.39 is 0 Å². The largest absolute Gasteiger partial charge is 0.330 e. The summed E-state index contributed by atoms with van der Waals surface area (Å²) in [5.74, 6) is -0.601. The van der Waals surface area contributed by atoms with Gasteiger partial charge >= 0.3 is 0 Å². The Kier molecular flexibility index (Phi) is 6.00. The summed E-state index contributed by atoms with van der Waals surface area (Å²) < 4.78 is 12.7. The highest BCUT2D eigenvalue weighted by molar-refractivity contribution is 5.94. The maximum absolute atomic E-state index is 12.7. The number of anilines is 1. The second kappa shape index (κ2) is 6.45. The van der Waals surface area contributed by atoms with Crippen molar-refractivity contribution in [2.24, 2.45) is 11.7 Å². The molecule has 5 heteroatoms. The molecule has 90 valence electrons. The summed E-state index contributed by atoms with van der Waals surface area (Å²) in [5.41, 5.74) is 6.07. The molecule has 0 aliphatic carbocycles. The zero-order valence-corrected chi connectivity index (χ0v) is 10.1. The fraction of sp³-hybridized carbons (Fsp3) is 0.364. The molecule has 0 saturated carbocycles. The zero-order valence-electron chi connectivity index (χ0n) is 9.31. The van der Waals surface area contributed by atoms with Gasteiger partial charge in [-0.3, -0.25) is 4.79 Å². The molecular formula is C11H16ClFN2O. The molecule has 0 spiro atoms. The Balaban J connectivity index is 0.00000225. The molecule has 1 aromatic carbocycles. The molecule has 1 amide bonds. The fourth-order valence-corrected chi connectivity index (χ4v) is 1.22. The summed E-state index contributed by atoms with van der Waals surface area (Å²) >= 11 is 0. The van der Waals surface area contributed by atoms with E-state index in [4.69, 9.17) is 5.73 Å². The topological polar surface area (TPSA) is 46.3 Å². The number of amides is 1. The van der Waals surface area contributed by atoms with E-state index in [1.165, 1.54) is 17.0 Å². The van der Waals surface area contributed by atoms with Crippen LogP contribution in [-0.2, 0) is 4.79 Å². The third-order valence-corrected chi connectivity index (χ3v) is 2.32. The van der Waals surface area contributed by atoms with Crippen LogP contribution in [0.5, 0.6) is 0 Å². The van der Waals surface area contributed by atoms with Gasteiger partial charge in [0.1, 0.15) is 5.82 Å². The minimum absolute atomic E-state index is 0. The molecule has 0 radical (unpaired) electrons. The molecule has 1 aromatic rings. The SMILES string of the molecule is CC(CN)C(=O)N(C)c1ccc(F)cc1.Cl. The third kappa shape index (κ3) is 3.47. The van der Waals surface area contributed by atoms with Crippen molar-refractivity contribution in [3.63, 3.8) is 0 Å². The number of benzene rings is 1. The number of halogens is 2. The highest BCUT2D eigenvalue weighted by atomic mass is 35.5. The zero-order chi connectivity index (χ0) is 11.4. The predicted octanol–water partition coefficient (Wildman–Crippen LogP) is 1.81. The highest BCUT2D eigenvalue weighted by Gasteiger charge is 2.16. The fourth-order valence-electron chi connectivity index (χ4n) is 1.22. The Morgan fingerprint density at radius 1 is 1.44 bits per heavy atom. The van der Waals surface area contributed by atoms with E-state index in [2.05, 4.69) is 0 Å². The normalized spacial score (nSPS) is 11.5. The molecule has 16 heavy (non-hydrogen) atoms. The molecule has 0 fully saturated rings. The van der Waals surface area contributed by atoms with Crippen LogP contribution in [0.1, 0.15) is 6.92 Å². The molecule has 3 nitrogen and oxygen atoms in total. The monoisotopic (exact) mass is 246 g/mol. The number of hydrogen-bond acceptors (Lipinski definition) is 2. The van der Waals surface area contributed by atoms with Gasteiger partial charge < -0.3 is 10.6 Å². The Bertz CT molecular complexity index is 342. The lowest BCUT2D eigenvalue weighted by Crippen LogP contribution is -2.35. The van der Waals surface area contributed by atoms with Gasteiger partial charge in [-0.1, -0.05) is 6.92 Å². The number of carbonyl (C=O) groups excluding carboxylic acids is 1. The van der Waals surface area contributed by atoms with E-state index in [0.29, 0.717) is 12.2 Å². The van der Waals surface area contributed by atoms with Gasteiger partial charge in [0.15, 0.2) is 0 Å². The van der Waals surface area contributed by atoms with Crippen LogP contribution >= 0.6 is 12.4 Å². The van der Waals surface area contributed by atoms with Crippen LogP contribution in [0.2, 0.25) is 0 Å². The number of rotatable bonds is 3. The van der Waals surface area contributed by atoms with Gasteiger partial charge in [0, 0.05) is 25.2 Å². The lowest BCUT2D eigenvalue weighted by Gasteiger charge is -2.20. The number of carbonyl (C=O) groups is 1. The summed E-state index contributed by atoms with van der Waals surface area (Å²) in [5, 5.41) is 0. The third-order valence-electron chi connectivity index (χ3n) is 2.32. The minimum Gasteiger partial charge on any atom is -0.330 e. The van der Waals surface area contributed by atoms with Crippen LogP contribution in [-0.4, -0.2) is 19.5 Å². The van der Waals surface area contributed by atoms with E-state index >= 15 is 0 Å². The standard InChI is InChI=1S/C11H15FN2O.ClH/c1-8(7-13)11(15)14(2)10-5-3-9(12)4-6-10;/h3-6,8H,7,13H2,1-2H3;1H. The smallest absolute Gasteiger partial charge is 0.230 e. The highest BCUT2D eigenvalue weighted by Crippen LogP contribution is 2.15. The Morgan fingerprint density at radius 3 is 2.38 bits per heavy atom. The molecule has 0 saturated heterocycles. The molecule has 2 N–H and O–H groups in total. The summed E-state index contributed by atoms with van der Waals surface area (Å²) in [6, 6.07) is 5.78. The lowest BCUT2D eigenvalue weighted by molar-refractivity contribution is -0.121. The lowest BCUT2D eigenvalue weighted by atomic mass is 10.1. The van der Waals surface area contributed by atoms with Gasteiger partial charge in [-0.15, -0.1) is 12.4 Å². The van der Waals surface area contributed by atoms with Crippen LogP contribution in [0.15, 0.2) is 24.3 Å². The molecular weight excluding hydrogens is 231 g/mol. The average Bonchev–Trinajstić information content (AvgIpc) is 2.27. The van der Waals surface area contributed by atoms with Crippen molar-refractivity contribution in [2.45, 2.75) is 6.92 Å². The van der Waals surface area contributed by atoms with Crippen molar-refractivity contribution < 1.29 is 9.18 Å². The Hall–Kier alpha value is -1.13. The maximum atomic E-state index is 12.7. The van der Waals surface area contributed by atoms with Crippen molar-refractivity contribution in [3.8, 4) is 0 Å². The molecule has 0 heterocycles. The summed E-state index contributed by atoms with van der Waals surface area (Å²) in [7, 11) is 1.65. The van der Waals surface area contributed by atoms with E-state index in [-0.39, 0.29) is 30.0 Å². The van der Waals surface area contributed by atoms with Crippen molar-refractivity contribution in [1.82, 2.24) is 0 Å². The van der Waals surface area contributed by atoms with Gasteiger partial charge in [0.2, 0.25) is 5.91 Å². The number of nitrogens with zero attached hydrogens (tertiary/aromatic N) is 1. The van der Waals surface area contributed by atoms with Crippen LogP contribution in [0.25, 0.3) is 0 Å². The first-order valence-electron chi connectivity index (χ1n) is 4.79. The van der Waals surface area contributed by atoms with Crippen LogP contribution in [0.4, 0.5) is 10.1 Å². The second-order valence-electron chi connectivity index (χ2n) is 3.51. The summed E-state index contributed by atoms with van der Waals surface area (Å²) in [6.45, 7) is 2.08. The molecule has 1 atom stereocenters. The van der Waals surface area contributed by atoms with E-state index in [0.717, 1.165) is 0 Å². The van der Waals surface area contributed by atoms with E-state index in [1.807, 2.05) is 0 Å². The van der Waals surface area contributed by atoms with Crippen molar-refractivity contribution in [3.05, 3.63) is 30.1 Å². The predicted molar refractivity (Wildman–Crippen MR) is 65.3 cm³/mol. The minimum atomic E-state index is -0.313. The molecule has 0 bridgehead atoms. The van der Waals surface area contributed by atoms with Gasteiger partial charge in [0.05, 0.1) is 0 Å². The Labute approximate surface area is 101 Å². The average molecular weight is 247 g/mol. The summed E-state index contributed by atoms with van der Waals surface area (Å²) in [4.78, 5) is 13.2. The van der Waals surface area contributed by atoms with Gasteiger partial charge in [-0.2, -0.15) is 0 Å². The van der Waals surface area contributed by atoms with Crippen LogP contribution in [0.3, 0.4) is 0 Å². The van der Waals surface area contributed by atoms with Crippen molar-refractivity contribution >= 4 is 24.0 Å². The molecule has 1 rings (SSSR count). The first-order chi connectivity index (χ1) is 7.06. The molecule has 0 aliphatic heterocycles. The maximum Gasteiger partial charge on any atom is 0.230 e. The van der Waals surface area contributed by atoms with Crippen molar-refractivity contribution in [2.75, 3.05) is 18.5 Å². The van der Waals surface area contributed by atoms with Gasteiger partial charge in [-0.25, -0.2) is 4.39 Å². The number of hydrogen-bond donors (Lipinski definition) is 1. The van der Waals surface area contributed by atoms with Crippen LogP contribution < -0.4 is 10.6 Å². The first-order valence-corrected chi connectivity index (χ1v) is 4.79. The van der Waals surface area contributed by atoms with Crippen molar-refractivity contribution in [1.29, 1.82) is 0 Å². The van der Waals surface area contributed by atoms with Gasteiger partial charge in [-0.05, 0) is 24.3 Å². The van der Waals surface area contributed by atoms with Crippen LogP contribution in [0, 0.1) is 11.7 Å². The molecule has 0 aromatic heterocycles. The second-order valence-corrected chi connectivity index (χ2v) is 3.51. The van der Waals surface area contributed by atoms with E-state index in [1.54, 1.807) is 26.1 Å². The first kappa shape index (κ1) is 14.9. The number of nitrogens with two attached hydrogens (primary N) is 1. The van der Waals surface area contributed by atoms with Gasteiger partial charge in [0.25, 0.3) is 0 Å². The summed E-state index contributed by atoms with van der Waals surface area (Å²) in [6.07, 6.45) is 0.